The maximum atomic E-state index is 5.55. The molecule has 1 N–H and O–H groups in total. The summed E-state index contributed by atoms with van der Waals surface area (Å²) in [7, 11) is 0. The summed E-state index contributed by atoms with van der Waals surface area (Å²) in [6.07, 6.45) is 6.40. The first kappa shape index (κ1) is 12.2. The maximum absolute atomic E-state index is 5.55. The van der Waals surface area contributed by atoms with Crippen LogP contribution in [-0.4, -0.2) is 19.8 Å². The van der Waals surface area contributed by atoms with Gasteiger partial charge in [0.05, 0.1) is 6.61 Å². The normalized spacial score (nSPS) is 27.8. The Kier molecular flexibility index (Phi) is 3.96. The molecular weight excluding hydrogens is 222 g/mol. The van der Waals surface area contributed by atoms with E-state index in [1.54, 1.807) is 5.56 Å². The van der Waals surface area contributed by atoms with Crippen molar-refractivity contribution in [3.05, 3.63) is 35.4 Å². The van der Waals surface area contributed by atoms with Crippen LogP contribution in [0.5, 0.6) is 0 Å². The molecule has 2 nitrogen and oxygen atoms in total. The predicted molar refractivity (Wildman–Crippen MR) is 73.7 cm³/mol. The van der Waals surface area contributed by atoms with Crippen LogP contribution in [-0.2, 0) is 11.2 Å². The van der Waals surface area contributed by atoms with E-state index < -0.39 is 0 Å². The number of nitrogens with one attached hydrogen (secondary N) is 1. The van der Waals surface area contributed by atoms with E-state index in [4.69, 9.17) is 4.74 Å². The standard InChI is InChI=1S/C16H23NO/c1-2-8-15-14(6-1)7-3-9-16(15)17-11-13-5-4-10-18-12-13/h1-2,6,8,13,16-17H,3-5,7,9-12H2. The van der Waals surface area contributed by atoms with E-state index in [1.807, 2.05) is 0 Å². The average molecular weight is 245 g/mol. The van der Waals surface area contributed by atoms with Gasteiger partial charge in [-0.1, -0.05) is 24.3 Å². The van der Waals surface area contributed by atoms with Crippen molar-refractivity contribution in [2.75, 3.05) is 19.8 Å². The Labute approximate surface area is 110 Å². The summed E-state index contributed by atoms with van der Waals surface area (Å²) < 4.78 is 5.55. The fourth-order valence-electron chi connectivity index (χ4n) is 3.24. The predicted octanol–water partition coefficient (Wildman–Crippen LogP) is 3.08. The molecule has 18 heavy (non-hydrogen) atoms. The highest BCUT2D eigenvalue weighted by Crippen LogP contribution is 2.29. The molecule has 0 spiro atoms. The van der Waals surface area contributed by atoms with Crippen molar-refractivity contribution in [1.29, 1.82) is 0 Å². The number of benzene rings is 1. The second-order valence-electron chi connectivity index (χ2n) is 5.64. The van der Waals surface area contributed by atoms with Crippen LogP contribution in [0.3, 0.4) is 0 Å². The Bertz CT molecular complexity index is 384. The Morgan fingerprint density at radius 1 is 1.17 bits per heavy atom. The highest BCUT2D eigenvalue weighted by Gasteiger charge is 2.21. The van der Waals surface area contributed by atoms with Gasteiger partial charge >= 0.3 is 0 Å². The van der Waals surface area contributed by atoms with Gasteiger partial charge in [0, 0.05) is 19.2 Å². The summed E-state index contributed by atoms with van der Waals surface area (Å²) >= 11 is 0. The lowest BCUT2D eigenvalue weighted by atomic mass is 9.87. The van der Waals surface area contributed by atoms with Crippen LogP contribution in [0.2, 0.25) is 0 Å². The fourth-order valence-corrected chi connectivity index (χ4v) is 3.24. The molecule has 1 saturated heterocycles. The second-order valence-corrected chi connectivity index (χ2v) is 5.64. The molecule has 98 valence electrons. The van der Waals surface area contributed by atoms with Crippen molar-refractivity contribution in [3.8, 4) is 0 Å². The minimum absolute atomic E-state index is 0.567. The molecule has 1 heterocycles. The van der Waals surface area contributed by atoms with Crippen LogP contribution in [0.4, 0.5) is 0 Å². The van der Waals surface area contributed by atoms with Gasteiger partial charge in [-0.3, -0.25) is 0 Å². The molecule has 2 atom stereocenters. The van der Waals surface area contributed by atoms with E-state index in [0.29, 0.717) is 12.0 Å². The largest absolute Gasteiger partial charge is 0.381 e. The summed E-state index contributed by atoms with van der Waals surface area (Å²) in [6.45, 7) is 3.02. The molecule has 0 amide bonds. The van der Waals surface area contributed by atoms with Gasteiger partial charge in [-0.25, -0.2) is 0 Å². The zero-order chi connectivity index (χ0) is 12.2. The third kappa shape index (κ3) is 2.76. The topological polar surface area (TPSA) is 21.3 Å². The van der Waals surface area contributed by atoms with Crippen LogP contribution in [0.1, 0.15) is 42.9 Å². The van der Waals surface area contributed by atoms with Crippen molar-refractivity contribution in [3.63, 3.8) is 0 Å². The Morgan fingerprint density at radius 3 is 3.00 bits per heavy atom. The first-order valence-corrected chi connectivity index (χ1v) is 7.32. The molecule has 2 heteroatoms. The second kappa shape index (κ2) is 5.85. The molecule has 0 bridgehead atoms. The van der Waals surface area contributed by atoms with E-state index in [-0.39, 0.29) is 0 Å². The summed E-state index contributed by atoms with van der Waals surface area (Å²) in [5.41, 5.74) is 3.07. The Morgan fingerprint density at radius 2 is 2.11 bits per heavy atom. The van der Waals surface area contributed by atoms with Crippen molar-refractivity contribution in [2.24, 2.45) is 5.92 Å². The molecule has 1 aromatic carbocycles. The molecule has 1 aliphatic carbocycles. The third-order valence-electron chi connectivity index (χ3n) is 4.28. The van der Waals surface area contributed by atoms with Gasteiger partial charge in [0.2, 0.25) is 0 Å². The SMILES string of the molecule is c1ccc2c(c1)CCCC2NCC1CCCOC1. The zero-order valence-electron chi connectivity index (χ0n) is 11.0. The summed E-state index contributed by atoms with van der Waals surface area (Å²) in [4.78, 5) is 0. The highest BCUT2D eigenvalue weighted by atomic mass is 16.5. The lowest BCUT2D eigenvalue weighted by molar-refractivity contribution is 0.0535. The lowest BCUT2D eigenvalue weighted by Crippen LogP contribution is -2.33. The molecular formula is C16H23NO. The van der Waals surface area contributed by atoms with E-state index >= 15 is 0 Å². The van der Waals surface area contributed by atoms with Crippen LogP contribution in [0.25, 0.3) is 0 Å². The van der Waals surface area contributed by atoms with Gasteiger partial charge in [0.1, 0.15) is 0 Å². The number of rotatable bonds is 3. The van der Waals surface area contributed by atoms with E-state index in [9.17, 15) is 0 Å². The van der Waals surface area contributed by atoms with E-state index in [1.165, 1.54) is 37.7 Å². The molecule has 2 aliphatic rings. The number of fused-ring (bicyclic) bond motifs is 1. The molecule has 3 rings (SSSR count). The van der Waals surface area contributed by atoms with Gasteiger partial charge in [-0.2, -0.15) is 0 Å². The number of hydrogen-bond acceptors (Lipinski definition) is 2. The zero-order valence-corrected chi connectivity index (χ0v) is 11.0. The van der Waals surface area contributed by atoms with Crippen molar-refractivity contribution in [1.82, 2.24) is 5.32 Å². The van der Waals surface area contributed by atoms with Gasteiger partial charge < -0.3 is 10.1 Å². The van der Waals surface area contributed by atoms with E-state index in [0.717, 1.165) is 19.8 Å². The monoisotopic (exact) mass is 245 g/mol. The summed E-state index contributed by atoms with van der Waals surface area (Å²) in [5.74, 6) is 0.716. The smallest absolute Gasteiger partial charge is 0.0506 e. The van der Waals surface area contributed by atoms with Crippen LogP contribution < -0.4 is 5.32 Å². The highest BCUT2D eigenvalue weighted by molar-refractivity contribution is 5.32. The van der Waals surface area contributed by atoms with Crippen LogP contribution in [0.15, 0.2) is 24.3 Å². The van der Waals surface area contributed by atoms with E-state index in [2.05, 4.69) is 29.6 Å². The molecule has 1 aliphatic heterocycles. The summed E-state index contributed by atoms with van der Waals surface area (Å²) in [5, 5.41) is 3.77. The van der Waals surface area contributed by atoms with Crippen molar-refractivity contribution in [2.45, 2.75) is 38.1 Å². The fraction of sp³-hybridized carbons (Fsp3) is 0.625. The van der Waals surface area contributed by atoms with Gasteiger partial charge in [0.25, 0.3) is 0 Å². The third-order valence-corrected chi connectivity index (χ3v) is 4.28. The van der Waals surface area contributed by atoms with Gasteiger partial charge in [-0.15, -0.1) is 0 Å². The summed E-state index contributed by atoms with van der Waals surface area (Å²) in [6, 6.07) is 9.48. The molecule has 2 unspecified atom stereocenters. The first-order valence-electron chi connectivity index (χ1n) is 7.32. The molecule has 0 radical (unpaired) electrons. The lowest BCUT2D eigenvalue weighted by Gasteiger charge is -2.29. The Hall–Kier alpha value is -0.860. The quantitative estimate of drug-likeness (QED) is 0.883. The minimum Gasteiger partial charge on any atom is -0.381 e. The number of aryl methyl sites for hydroxylation is 1. The minimum atomic E-state index is 0.567. The van der Waals surface area contributed by atoms with Crippen molar-refractivity contribution < 1.29 is 4.74 Å². The van der Waals surface area contributed by atoms with Gasteiger partial charge in [-0.05, 0) is 49.1 Å². The van der Waals surface area contributed by atoms with Crippen molar-refractivity contribution >= 4 is 0 Å². The maximum Gasteiger partial charge on any atom is 0.0506 e. The van der Waals surface area contributed by atoms with Crippen LogP contribution >= 0.6 is 0 Å². The number of hydrogen-bond donors (Lipinski definition) is 1. The number of ether oxygens (including phenoxy) is 1. The molecule has 1 fully saturated rings. The average Bonchev–Trinajstić information content (AvgIpc) is 2.46. The Balaban J connectivity index is 1.60. The van der Waals surface area contributed by atoms with Gasteiger partial charge in [0.15, 0.2) is 0 Å². The molecule has 0 saturated carbocycles. The molecule has 0 aromatic heterocycles. The van der Waals surface area contributed by atoms with Crippen LogP contribution in [0, 0.1) is 5.92 Å². The first-order chi connectivity index (χ1) is 8.93. The molecule has 1 aromatic rings.